The van der Waals surface area contributed by atoms with Crippen LogP contribution in [-0.2, 0) is 46.5 Å². The number of aryl methyl sites for hydroxylation is 1. The second-order valence-electron chi connectivity index (χ2n) is 14.9. The molecule has 0 aliphatic carbocycles. The van der Waals surface area contributed by atoms with Gasteiger partial charge in [-0.1, -0.05) is 45.4 Å². The van der Waals surface area contributed by atoms with E-state index in [1.807, 2.05) is 17.2 Å². The van der Waals surface area contributed by atoms with Crippen molar-refractivity contribution in [2.45, 2.75) is 90.6 Å². The van der Waals surface area contributed by atoms with Crippen molar-refractivity contribution >= 4 is 64.1 Å². The van der Waals surface area contributed by atoms with Gasteiger partial charge in [0.15, 0.2) is 11.6 Å². The molecule has 2 aromatic heterocycles. The van der Waals surface area contributed by atoms with Crippen molar-refractivity contribution in [2.75, 3.05) is 82.5 Å². The zero-order chi connectivity index (χ0) is 43.4. The van der Waals surface area contributed by atoms with Crippen molar-refractivity contribution in [2.24, 2.45) is 5.73 Å². The third kappa shape index (κ3) is 17.2. The summed E-state index contributed by atoms with van der Waals surface area (Å²) in [5, 5.41) is 22.8. The average Bonchev–Trinajstić information content (AvgIpc) is 3.62. The summed E-state index contributed by atoms with van der Waals surface area (Å²) >= 11 is 0.820. The number of ketones is 1. The van der Waals surface area contributed by atoms with Crippen LogP contribution in [0.1, 0.15) is 76.0 Å². The first kappa shape index (κ1) is 50.5. The summed E-state index contributed by atoms with van der Waals surface area (Å²) in [6.07, 6.45) is 5.72. The summed E-state index contributed by atoms with van der Waals surface area (Å²) in [6, 6.07) is 7.36. The van der Waals surface area contributed by atoms with Crippen LogP contribution in [-0.4, -0.2) is 147 Å². The number of anilines is 2. The smallest absolute Gasteiger partial charge is 0.321 e. The summed E-state index contributed by atoms with van der Waals surface area (Å²) in [5.41, 5.74) is 16.9. The fraction of sp³-hybridized carbons (Fsp3) is 0.595. The molecule has 1 aliphatic heterocycles. The molecule has 2 atom stereocenters. The van der Waals surface area contributed by atoms with Gasteiger partial charge in [-0.05, 0) is 42.5 Å². The average molecular weight is 872 g/mol. The number of hydrogen-bond acceptors (Lipinski definition) is 14. The molecule has 61 heavy (non-hydrogen) atoms. The Balaban J connectivity index is 0.00000992. The number of ether oxygens (including phenoxy) is 2. The summed E-state index contributed by atoms with van der Waals surface area (Å²) < 4.78 is 13.3. The number of hydrogen-bond donors (Lipinski definition) is 6. The lowest BCUT2D eigenvalue weighted by atomic mass is 10.0. The second-order valence-corrected chi connectivity index (χ2v) is 16.1. The van der Waals surface area contributed by atoms with Crippen LogP contribution in [0.3, 0.4) is 0 Å². The largest absolute Gasteiger partial charge is 0.481 e. The first-order valence-electron chi connectivity index (χ1n) is 20.6. The Morgan fingerprint density at radius 1 is 0.934 bits per heavy atom. The van der Waals surface area contributed by atoms with Gasteiger partial charge in [0.25, 0.3) is 0 Å². The molecular formula is C42H65N9O9S. The minimum absolute atomic E-state index is 0. The van der Waals surface area contributed by atoms with E-state index in [0.29, 0.717) is 45.9 Å². The Bertz CT molecular complexity index is 1890. The quantitative estimate of drug-likeness (QED) is 0.0573. The van der Waals surface area contributed by atoms with E-state index < -0.39 is 35.6 Å². The predicted molar refractivity (Wildman–Crippen MR) is 236 cm³/mol. The molecule has 19 heteroatoms. The maximum Gasteiger partial charge on any atom is 0.321 e. The number of carboxylic acid groups (broad SMARTS) is 2. The number of amides is 2. The molecule has 0 unspecified atom stereocenters. The van der Waals surface area contributed by atoms with Crippen LogP contribution >= 0.6 is 11.8 Å². The zero-order valence-corrected chi connectivity index (χ0v) is 35.6. The molecular weight excluding hydrogens is 807 g/mol. The lowest BCUT2D eigenvalue weighted by molar-refractivity contribution is -0.138. The van der Waals surface area contributed by atoms with Gasteiger partial charge in [-0.2, -0.15) is 4.98 Å². The SMILES string of the molecule is C.CCCCCNc1nc(N)nc2ccn(Cc3ccc(CN4CCN(C(=O)CCOCCOCCCC(=O)CNC(=O)[C@@H](CC(=O)O)SC[C@H](N)C(=O)O)CC4)cc3C)c12. The van der Waals surface area contributed by atoms with E-state index in [-0.39, 0.29) is 56.8 Å². The van der Waals surface area contributed by atoms with E-state index in [1.165, 1.54) is 16.7 Å². The van der Waals surface area contributed by atoms with E-state index in [2.05, 4.69) is 62.1 Å². The minimum atomic E-state index is -1.26. The molecule has 0 saturated carbocycles. The number of unbranched alkanes of at least 4 members (excludes halogenated alkanes) is 2. The summed E-state index contributed by atoms with van der Waals surface area (Å²) in [5.74, 6) is -2.48. The first-order chi connectivity index (χ1) is 28.8. The van der Waals surface area contributed by atoms with Crippen molar-refractivity contribution in [1.29, 1.82) is 0 Å². The zero-order valence-electron chi connectivity index (χ0n) is 34.7. The van der Waals surface area contributed by atoms with Gasteiger partial charge in [0.05, 0.1) is 50.0 Å². The number of nitrogen functional groups attached to an aromatic ring is 1. The van der Waals surface area contributed by atoms with Crippen molar-refractivity contribution in [1.82, 2.24) is 29.7 Å². The number of carbonyl (C=O) groups is 5. The number of Topliss-reactive ketones (excluding diaryl/α,β-unsaturated/α-hetero) is 1. The Hall–Kier alpha value is -4.82. The maximum atomic E-state index is 12.8. The molecule has 0 bridgehead atoms. The standard InChI is InChI=1S/C41H61N9O9S.CH4/c1-3-4-5-12-44-38-37-33(46-41(43)47-38)10-13-50(37)26-30-9-8-29(22-28(30)2)25-48-14-16-49(17-15-48)35(52)11-19-59-21-20-58-18-6-7-31(51)24-45-39(55)34(23-36(53)54)60-27-32(42)40(56)57;/h8-10,13,22,32,34H,3-7,11-12,14-21,23-27,42H2,1-2H3,(H,45,55)(H,53,54)(H,56,57)(H3,43,44,46,47);1H4/t32-,34+;/m0./s1. The third-order valence-corrected chi connectivity index (χ3v) is 11.4. The molecule has 3 aromatic rings. The number of thioether (sulfide) groups is 1. The van der Waals surface area contributed by atoms with Gasteiger partial charge in [-0.3, -0.25) is 28.9 Å². The molecule has 1 saturated heterocycles. The van der Waals surface area contributed by atoms with Gasteiger partial charge >= 0.3 is 11.9 Å². The monoisotopic (exact) mass is 871 g/mol. The first-order valence-corrected chi connectivity index (χ1v) is 21.6. The highest BCUT2D eigenvalue weighted by Gasteiger charge is 2.25. The fourth-order valence-electron chi connectivity index (χ4n) is 6.67. The van der Waals surface area contributed by atoms with Gasteiger partial charge in [-0.15, -0.1) is 11.8 Å². The Morgan fingerprint density at radius 2 is 1.67 bits per heavy atom. The number of aliphatic carboxylic acids is 2. The van der Waals surface area contributed by atoms with Crippen LogP contribution in [0, 0.1) is 6.92 Å². The molecule has 3 heterocycles. The highest BCUT2D eigenvalue weighted by atomic mass is 32.2. The third-order valence-electron chi connectivity index (χ3n) is 10.1. The van der Waals surface area contributed by atoms with Crippen LogP contribution in [0.15, 0.2) is 30.5 Å². The normalized spacial score (nSPS) is 14.0. The van der Waals surface area contributed by atoms with Crippen LogP contribution in [0.5, 0.6) is 0 Å². The van der Waals surface area contributed by atoms with Gasteiger partial charge in [0, 0.05) is 70.8 Å². The fourth-order valence-corrected chi connectivity index (χ4v) is 7.75. The number of benzene rings is 1. The van der Waals surface area contributed by atoms with Crippen molar-refractivity contribution in [3.63, 3.8) is 0 Å². The molecule has 1 fully saturated rings. The Morgan fingerprint density at radius 3 is 2.36 bits per heavy atom. The number of piperazine rings is 1. The number of fused-ring (bicyclic) bond motifs is 1. The Kier molecular flexibility index (Phi) is 22.0. The van der Waals surface area contributed by atoms with Gasteiger partial charge in [0.2, 0.25) is 17.8 Å². The highest BCUT2D eigenvalue weighted by molar-refractivity contribution is 8.00. The maximum absolute atomic E-state index is 12.8. The molecule has 2 amide bonds. The Labute approximate surface area is 362 Å². The van der Waals surface area contributed by atoms with E-state index in [9.17, 15) is 24.0 Å². The topological polar surface area (TPSA) is 258 Å². The molecule has 1 aromatic carbocycles. The number of carboxylic acids is 2. The summed E-state index contributed by atoms with van der Waals surface area (Å²) in [7, 11) is 0. The molecule has 4 rings (SSSR count). The van der Waals surface area contributed by atoms with Crippen LogP contribution < -0.4 is 22.1 Å². The van der Waals surface area contributed by atoms with Crippen LogP contribution in [0.4, 0.5) is 11.8 Å². The second kappa shape index (κ2) is 26.5. The molecule has 0 spiro atoms. The summed E-state index contributed by atoms with van der Waals surface area (Å²) in [4.78, 5) is 72.7. The van der Waals surface area contributed by atoms with Gasteiger partial charge in [-0.25, -0.2) is 4.98 Å². The van der Waals surface area contributed by atoms with E-state index in [4.69, 9.17) is 31.2 Å². The number of carbonyl (C=O) groups excluding carboxylic acids is 3. The van der Waals surface area contributed by atoms with Crippen LogP contribution in [0.25, 0.3) is 11.0 Å². The predicted octanol–water partition coefficient (Wildman–Crippen LogP) is 3.13. The number of nitrogens with zero attached hydrogens (tertiary/aromatic N) is 5. The van der Waals surface area contributed by atoms with E-state index >= 15 is 0 Å². The lowest BCUT2D eigenvalue weighted by Gasteiger charge is -2.35. The van der Waals surface area contributed by atoms with Crippen LogP contribution in [0.2, 0.25) is 0 Å². The molecule has 8 N–H and O–H groups in total. The number of aromatic nitrogens is 3. The van der Waals surface area contributed by atoms with Crippen molar-refractivity contribution < 1.29 is 43.7 Å². The lowest BCUT2D eigenvalue weighted by Crippen LogP contribution is -2.48. The van der Waals surface area contributed by atoms with E-state index in [1.54, 1.807) is 0 Å². The van der Waals surface area contributed by atoms with Gasteiger partial charge < -0.3 is 51.3 Å². The number of nitrogens with one attached hydrogen (secondary N) is 2. The summed E-state index contributed by atoms with van der Waals surface area (Å²) in [6.45, 7) is 10.5. The van der Waals surface area contributed by atoms with Crippen molar-refractivity contribution in [3.05, 3.63) is 47.2 Å². The highest BCUT2D eigenvalue weighted by Crippen LogP contribution is 2.25. The molecule has 0 radical (unpaired) electrons. The van der Waals surface area contributed by atoms with E-state index in [0.717, 1.165) is 74.1 Å². The molecule has 1 aliphatic rings. The number of rotatable bonds is 28. The molecule has 18 nitrogen and oxygen atoms in total. The molecule has 338 valence electrons. The van der Waals surface area contributed by atoms with Crippen molar-refractivity contribution in [3.8, 4) is 0 Å². The minimum Gasteiger partial charge on any atom is -0.481 e. The number of nitrogens with two attached hydrogens (primary N) is 2. The van der Waals surface area contributed by atoms with Gasteiger partial charge in [0.1, 0.15) is 11.6 Å².